The Balaban J connectivity index is 2.73. The van der Waals surface area contributed by atoms with Crippen molar-refractivity contribution in [1.82, 2.24) is 5.32 Å². The van der Waals surface area contributed by atoms with Crippen molar-refractivity contribution >= 4 is 0 Å². The summed E-state index contributed by atoms with van der Waals surface area (Å²) in [6.07, 6.45) is 0.606. The minimum atomic E-state index is -0.0439. The maximum Gasteiger partial charge on any atom is 0.124 e. The fraction of sp³-hybridized carbons (Fsp3) is 0.571. The molecular formula is C14H23NO4. The second kappa shape index (κ2) is 7.99. The molecular weight excluding hydrogens is 246 g/mol. The van der Waals surface area contributed by atoms with Gasteiger partial charge in [0.1, 0.15) is 11.5 Å². The van der Waals surface area contributed by atoms with E-state index in [1.807, 2.05) is 19.1 Å². The maximum absolute atomic E-state index is 9.96. The van der Waals surface area contributed by atoms with Crippen molar-refractivity contribution in [2.75, 3.05) is 27.4 Å². The van der Waals surface area contributed by atoms with Gasteiger partial charge < -0.3 is 25.0 Å². The summed E-state index contributed by atoms with van der Waals surface area (Å²) in [4.78, 5) is 0. The van der Waals surface area contributed by atoms with Crippen molar-refractivity contribution in [1.29, 1.82) is 0 Å². The number of phenols is 1. The molecule has 0 spiro atoms. The van der Waals surface area contributed by atoms with Crippen LogP contribution in [0.25, 0.3) is 0 Å². The molecule has 5 nitrogen and oxygen atoms in total. The quantitative estimate of drug-likeness (QED) is 0.666. The number of nitrogens with one attached hydrogen (secondary N) is 1. The van der Waals surface area contributed by atoms with Crippen LogP contribution in [0.2, 0.25) is 0 Å². The molecule has 0 fully saturated rings. The normalized spacial score (nSPS) is 14.1. The zero-order valence-electron chi connectivity index (χ0n) is 11.7. The van der Waals surface area contributed by atoms with Gasteiger partial charge in [-0.2, -0.15) is 0 Å². The first kappa shape index (κ1) is 15.8. The topological polar surface area (TPSA) is 71.0 Å². The zero-order chi connectivity index (χ0) is 14.3. The SMILES string of the molecule is COCC(CCO)NC(C)c1ccc(OC)cc1O. The van der Waals surface area contributed by atoms with Crippen LogP contribution in [0, 0.1) is 0 Å². The van der Waals surface area contributed by atoms with Crippen LogP contribution < -0.4 is 10.1 Å². The lowest BCUT2D eigenvalue weighted by atomic mass is 10.1. The van der Waals surface area contributed by atoms with Crippen LogP contribution >= 0.6 is 0 Å². The third-order valence-corrected chi connectivity index (χ3v) is 3.04. The van der Waals surface area contributed by atoms with Crippen LogP contribution in [0.3, 0.4) is 0 Å². The largest absolute Gasteiger partial charge is 0.507 e. The van der Waals surface area contributed by atoms with Gasteiger partial charge in [-0.25, -0.2) is 0 Å². The van der Waals surface area contributed by atoms with E-state index < -0.39 is 0 Å². The third-order valence-electron chi connectivity index (χ3n) is 3.04. The first-order valence-electron chi connectivity index (χ1n) is 6.35. The minimum Gasteiger partial charge on any atom is -0.507 e. The standard InChI is InChI=1S/C14H23NO4/c1-10(15-11(6-7-16)9-18-2)13-5-4-12(19-3)8-14(13)17/h4-5,8,10-11,15-17H,6-7,9H2,1-3H3. The number of phenolic OH excluding ortho intramolecular Hbond substituents is 1. The summed E-state index contributed by atoms with van der Waals surface area (Å²) in [5.41, 5.74) is 0.792. The van der Waals surface area contributed by atoms with Crippen LogP contribution in [-0.2, 0) is 4.74 Å². The molecule has 0 aliphatic rings. The van der Waals surface area contributed by atoms with Crippen molar-refractivity contribution in [2.45, 2.75) is 25.4 Å². The van der Waals surface area contributed by atoms with E-state index >= 15 is 0 Å². The van der Waals surface area contributed by atoms with E-state index in [1.165, 1.54) is 0 Å². The van der Waals surface area contributed by atoms with Crippen LogP contribution in [0.15, 0.2) is 18.2 Å². The number of ether oxygens (including phenoxy) is 2. The molecule has 0 heterocycles. The Kier molecular flexibility index (Phi) is 6.62. The van der Waals surface area contributed by atoms with Crippen LogP contribution in [-0.4, -0.2) is 43.7 Å². The highest BCUT2D eigenvalue weighted by Crippen LogP contribution is 2.28. The van der Waals surface area contributed by atoms with Gasteiger partial charge in [0, 0.05) is 37.4 Å². The Morgan fingerprint density at radius 3 is 2.58 bits per heavy atom. The molecule has 1 aromatic rings. The molecule has 19 heavy (non-hydrogen) atoms. The van der Waals surface area contributed by atoms with Gasteiger partial charge in [0.2, 0.25) is 0 Å². The van der Waals surface area contributed by atoms with Gasteiger partial charge in [0.05, 0.1) is 13.7 Å². The predicted molar refractivity (Wildman–Crippen MR) is 73.6 cm³/mol. The first-order valence-corrected chi connectivity index (χ1v) is 6.35. The summed E-state index contributed by atoms with van der Waals surface area (Å²) in [7, 11) is 3.19. The Hall–Kier alpha value is -1.30. The molecule has 0 radical (unpaired) electrons. The van der Waals surface area contributed by atoms with E-state index in [2.05, 4.69) is 5.32 Å². The molecule has 2 atom stereocenters. The van der Waals surface area contributed by atoms with Gasteiger partial charge in [-0.1, -0.05) is 6.07 Å². The van der Waals surface area contributed by atoms with E-state index in [0.717, 1.165) is 5.56 Å². The fourth-order valence-electron chi connectivity index (χ4n) is 2.03. The van der Waals surface area contributed by atoms with E-state index in [0.29, 0.717) is 18.8 Å². The molecule has 3 N–H and O–H groups in total. The van der Waals surface area contributed by atoms with Crippen LogP contribution in [0.4, 0.5) is 0 Å². The van der Waals surface area contributed by atoms with Gasteiger partial charge in [-0.3, -0.25) is 0 Å². The molecule has 108 valence electrons. The van der Waals surface area contributed by atoms with Gasteiger partial charge in [-0.05, 0) is 19.4 Å². The van der Waals surface area contributed by atoms with Crippen molar-refractivity contribution in [3.63, 3.8) is 0 Å². The summed E-state index contributed by atoms with van der Waals surface area (Å²) in [5, 5.41) is 22.3. The number of rotatable bonds is 8. The number of aliphatic hydroxyl groups excluding tert-OH is 1. The summed E-state index contributed by atoms with van der Waals surface area (Å²) < 4.78 is 10.2. The molecule has 0 aliphatic heterocycles. The summed E-state index contributed by atoms with van der Waals surface area (Å²) >= 11 is 0. The number of aliphatic hydroxyl groups is 1. The summed E-state index contributed by atoms with van der Waals surface area (Å²) in [5.74, 6) is 0.816. The Labute approximate surface area is 114 Å². The van der Waals surface area contributed by atoms with Crippen molar-refractivity contribution in [3.05, 3.63) is 23.8 Å². The van der Waals surface area contributed by atoms with Gasteiger partial charge in [0.25, 0.3) is 0 Å². The molecule has 0 saturated carbocycles. The third kappa shape index (κ3) is 4.70. The Morgan fingerprint density at radius 1 is 1.32 bits per heavy atom. The molecule has 0 aromatic heterocycles. The number of hydrogen-bond donors (Lipinski definition) is 3. The number of benzene rings is 1. The van der Waals surface area contributed by atoms with Crippen LogP contribution in [0.1, 0.15) is 24.9 Å². The molecule has 1 rings (SSSR count). The maximum atomic E-state index is 9.96. The minimum absolute atomic E-state index is 0.0439. The van der Waals surface area contributed by atoms with E-state index in [-0.39, 0.29) is 24.4 Å². The lowest BCUT2D eigenvalue weighted by Crippen LogP contribution is -2.36. The summed E-state index contributed by atoms with van der Waals surface area (Å²) in [6, 6.07) is 5.23. The molecule has 0 saturated heterocycles. The number of methoxy groups -OCH3 is 2. The second-order valence-electron chi connectivity index (χ2n) is 4.48. The molecule has 5 heteroatoms. The van der Waals surface area contributed by atoms with E-state index in [4.69, 9.17) is 14.6 Å². The Morgan fingerprint density at radius 2 is 2.05 bits per heavy atom. The van der Waals surface area contributed by atoms with Crippen LogP contribution in [0.5, 0.6) is 11.5 Å². The second-order valence-corrected chi connectivity index (χ2v) is 4.48. The molecule has 1 aromatic carbocycles. The molecule has 0 amide bonds. The highest BCUT2D eigenvalue weighted by molar-refractivity contribution is 5.41. The summed E-state index contributed by atoms with van der Waals surface area (Å²) in [6.45, 7) is 2.58. The van der Waals surface area contributed by atoms with E-state index in [1.54, 1.807) is 20.3 Å². The monoisotopic (exact) mass is 269 g/mol. The average molecular weight is 269 g/mol. The lowest BCUT2D eigenvalue weighted by molar-refractivity contribution is 0.143. The fourth-order valence-corrected chi connectivity index (χ4v) is 2.03. The van der Waals surface area contributed by atoms with Crippen molar-refractivity contribution < 1.29 is 19.7 Å². The molecule has 0 aliphatic carbocycles. The highest BCUT2D eigenvalue weighted by atomic mass is 16.5. The zero-order valence-corrected chi connectivity index (χ0v) is 11.7. The Bertz CT molecular complexity index is 378. The van der Waals surface area contributed by atoms with E-state index in [9.17, 15) is 5.11 Å². The highest BCUT2D eigenvalue weighted by Gasteiger charge is 2.16. The smallest absolute Gasteiger partial charge is 0.124 e. The number of aromatic hydroxyl groups is 1. The van der Waals surface area contributed by atoms with Gasteiger partial charge >= 0.3 is 0 Å². The molecule has 0 bridgehead atoms. The average Bonchev–Trinajstić information content (AvgIpc) is 2.38. The van der Waals surface area contributed by atoms with Gasteiger partial charge in [-0.15, -0.1) is 0 Å². The van der Waals surface area contributed by atoms with Gasteiger partial charge in [0.15, 0.2) is 0 Å². The predicted octanol–water partition coefficient (Wildman–Crippen LogP) is 1.45. The van der Waals surface area contributed by atoms with Crippen molar-refractivity contribution in [2.24, 2.45) is 0 Å². The number of hydrogen-bond acceptors (Lipinski definition) is 5. The van der Waals surface area contributed by atoms with Crippen molar-refractivity contribution in [3.8, 4) is 11.5 Å². The molecule has 2 unspecified atom stereocenters. The first-order chi connectivity index (χ1) is 9.12. The lowest BCUT2D eigenvalue weighted by Gasteiger charge is -2.23.